The van der Waals surface area contributed by atoms with Crippen molar-refractivity contribution >= 4 is 51.8 Å². The van der Waals surface area contributed by atoms with Gasteiger partial charge >= 0.3 is 0 Å². The van der Waals surface area contributed by atoms with E-state index in [1.807, 2.05) is 0 Å². The zero-order valence-electron chi connectivity index (χ0n) is 30.7. The lowest BCUT2D eigenvalue weighted by Gasteiger charge is -2.44. The fraction of sp³-hybridized carbons (Fsp3) is 0. The quantitative estimate of drug-likeness (QED) is 0.0492. The monoisotopic (exact) mass is 941 g/mol. The van der Waals surface area contributed by atoms with Crippen molar-refractivity contribution in [2.45, 2.75) is 0 Å². The van der Waals surface area contributed by atoms with Crippen molar-refractivity contribution in [3.63, 3.8) is 0 Å². The topological polar surface area (TPSA) is 0 Å². The minimum atomic E-state index is -7.22. The molecule has 0 aliphatic carbocycles. The summed E-state index contributed by atoms with van der Waals surface area (Å²) in [6.45, 7) is 0. The van der Waals surface area contributed by atoms with Crippen LogP contribution in [0.25, 0.3) is 0 Å². The molecule has 0 atom stereocenters. The molecule has 7 rings (SSSR count). The lowest BCUT2D eigenvalue weighted by molar-refractivity contribution is 0.378. The van der Waals surface area contributed by atoms with Crippen molar-refractivity contribution in [2.24, 2.45) is 0 Å². The molecular formula is C42H15BF20P-. The molecule has 0 saturated heterocycles. The molecule has 22 heteroatoms. The van der Waals surface area contributed by atoms with Gasteiger partial charge in [0.2, 0.25) is 0 Å². The second-order valence-corrected chi connectivity index (χ2v) is 15.4. The van der Waals surface area contributed by atoms with Gasteiger partial charge < -0.3 is 0 Å². The minimum absolute atomic E-state index is 0.446. The molecule has 0 fully saturated rings. The van der Waals surface area contributed by atoms with Crippen LogP contribution in [-0.4, -0.2) is 6.15 Å². The lowest BCUT2D eigenvalue weighted by Crippen LogP contribution is -2.81. The van der Waals surface area contributed by atoms with E-state index >= 15 is 35.1 Å². The normalized spacial score (nSPS) is 11.6. The van der Waals surface area contributed by atoms with Crippen molar-refractivity contribution in [3.8, 4) is 0 Å². The van der Waals surface area contributed by atoms with Crippen molar-refractivity contribution in [1.82, 2.24) is 0 Å². The summed E-state index contributed by atoms with van der Waals surface area (Å²) >= 11 is 0. The van der Waals surface area contributed by atoms with Gasteiger partial charge in [0.15, 0.2) is 69.8 Å². The average molecular weight is 941 g/mol. The Kier molecular flexibility index (Phi) is 13.3. The van der Waals surface area contributed by atoms with E-state index in [0.29, 0.717) is 0 Å². The fourth-order valence-corrected chi connectivity index (χ4v) is 9.36. The minimum Gasteiger partial charge on any atom is -0.207 e. The van der Waals surface area contributed by atoms with Crippen LogP contribution in [0.2, 0.25) is 0 Å². The Bertz CT molecular complexity index is 2460. The molecule has 0 saturated carbocycles. The summed E-state index contributed by atoms with van der Waals surface area (Å²) in [4.78, 5) is 0. The predicted octanol–water partition coefficient (Wildman–Crippen LogP) is 9.29. The Morgan fingerprint density at radius 3 is 0.500 bits per heavy atom. The van der Waals surface area contributed by atoms with Gasteiger partial charge in [0.05, 0.1) is 0 Å². The van der Waals surface area contributed by atoms with Gasteiger partial charge in [0.25, 0.3) is 0 Å². The highest BCUT2D eigenvalue weighted by atomic mass is 31.1. The Morgan fingerprint density at radius 2 is 0.344 bits per heavy atom. The Balaban J connectivity index is 0.000000295. The Morgan fingerprint density at radius 1 is 0.203 bits per heavy atom. The molecule has 0 amide bonds. The zero-order chi connectivity index (χ0) is 47.3. The van der Waals surface area contributed by atoms with Gasteiger partial charge in [-0.25, -0.2) is 87.8 Å². The van der Waals surface area contributed by atoms with Gasteiger partial charge in [-0.3, -0.25) is 0 Å². The van der Waals surface area contributed by atoms with Crippen molar-refractivity contribution in [3.05, 3.63) is 207 Å². The van der Waals surface area contributed by atoms with E-state index in [-0.39, 0.29) is 0 Å². The van der Waals surface area contributed by atoms with Crippen LogP contribution in [0.3, 0.4) is 0 Å². The van der Waals surface area contributed by atoms with E-state index in [1.165, 1.54) is 15.9 Å². The van der Waals surface area contributed by atoms with Gasteiger partial charge in [-0.15, -0.1) is 21.9 Å². The van der Waals surface area contributed by atoms with Crippen LogP contribution in [0.4, 0.5) is 87.8 Å². The van der Waals surface area contributed by atoms with Crippen LogP contribution < -0.4 is 37.8 Å². The summed E-state index contributed by atoms with van der Waals surface area (Å²) in [5.74, 6) is -71.4. The predicted molar refractivity (Wildman–Crippen MR) is 194 cm³/mol. The molecule has 7 aromatic carbocycles. The molecule has 0 aromatic heterocycles. The second kappa shape index (κ2) is 18.0. The first kappa shape index (κ1) is 47.1. The molecule has 7 aromatic rings. The molecule has 0 N–H and O–H groups in total. The van der Waals surface area contributed by atoms with E-state index in [9.17, 15) is 52.7 Å². The van der Waals surface area contributed by atoms with Gasteiger partial charge in [-0.1, -0.05) is 91.0 Å². The standard InChI is InChI=1S/C24BF20.C18H15P/c26-5-1(6(27)14(35)21(42)13(5)34)25(2-7(28)15(36)22(43)16(37)8(2)29,3-9(30)17(38)23(44)18(39)10(3)31)4-11(32)19(40)24(45)20(41)12(4)33;1-4-10-16(11-5-1)19(17-12-6-2-7-13-17)18-14-8-3-9-15-18/h;1-15H/q-1;. The van der Waals surface area contributed by atoms with E-state index < -0.39 is 152 Å². The number of benzene rings is 7. The number of hydrogen-bond acceptors (Lipinski definition) is 0. The van der Waals surface area contributed by atoms with E-state index in [2.05, 4.69) is 91.0 Å². The third-order valence-electron chi connectivity index (χ3n) is 9.75. The molecule has 0 aliphatic rings. The first-order chi connectivity index (χ1) is 30.2. The molecule has 0 spiro atoms. The molecular weight excluding hydrogens is 926 g/mol. The number of halogens is 20. The SMILES string of the molecule is Fc1c(F)c(F)c([B-](c2c(F)c(F)c(F)c(F)c2F)(c2c(F)c(F)c(F)c(F)c2F)c2c(F)c(F)c(F)c(F)c2F)c(F)c1F.c1ccc(P(c2ccccc2)c2ccccc2)cc1. The molecule has 0 radical (unpaired) electrons. The zero-order valence-corrected chi connectivity index (χ0v) is 31.6. The molecule has 64 heavy (non-hydrogen) atoms. The van der Waals surface area contributed by atoms with Crippen molar-refractivity contribution in [2.75, 3.05) is 0 Å². The van der Waals surface area contributed by atoms with Crippen molar-refractivity contribution < 1.29 is 87.8 Å². The van der Waals surface area contributed by atoms with Gasteiger partial charge in [0.1, 0.15) is 52.7 Å². The lowest BCUT2D eigenvalue weighted by atomic mass is 9.12. The largest absolute Gasteiger partial charge is 0.207 e. The number of rotatable bonds is 7. The maximum Gasteiger partial charge on any atom is 0.200 e. The maximum absolute atomic E-state index is 15.4. The Labute approximate surface area is 346 Å². The molecule has 0 aliphatic heterocycles. The average Bonchev–Trinajstić information content (AvgIpc) is 3.30. The van der Waals surface area contributed by atoms with Gasteiger partial charge in [-0.05, 0) is 23.8 Å². The first-order valence-electron chi connectivity index (χ1n) is 17.3. The Hall–Kier alpha value is -6.37. The third kappa shape index (κ3) is 7.42. The van der Waals surface area contributed by atoms with E-state index in [1.54, 1.807) is 0 Å². The van der Waals surface area contributed by atoms with Gasteiger partial charge in [0, 0.05) is 0 Å². The van der Waals surface area contributed by atoms with Crippen LogP contribution in [-0.2, 0) is 0 Å². The summed E-state index contributed by atoms with van der Waals surface area (Å²) in [5.41, 5.74) is -14.3. The summed E-state index contributed by atoms with van der Waals surface area (Å²) < 4.78 is 294. The van der Waals surface area contributed by atoms with E-state index in [4.69, 9.17) is 0 Å². The molecule has 0 bridgehead atoms. The molecule has 0 nitrogen and oxygen atoms in total. The smallest absolute Gasteiger partial charge is 0.200 e. The van der Waals surface area contributed by atoms with Gasteiger partial charge in [-0.2, -0.15) is 0 Å². The van der Waals surface area contributed by atoms with Crippen LogP contribution in [0.15, 0.2) is 91.0 Å². The highest BCUT2D eigenvalue weighted by Gasteiger charge is 2.52. The van der Waals surface area contributed by atoms with Crippen LogP contribution >= 0.6 is 7.92 Å². The molecule has 0 unspecified atom stereocenters. The van der Waals surface area contributed by atoms with Crippen LogP contribution in [0.5, 0.6) is 0 Å². The molecule has 0 heterocycles. The highest BCUT2D eigenvalue weighted by molar-refractivity contribution is 7.79. The summed E-state index contributed by atoms with van der Waals surface area (Å²) in [7, 11) is -0.446. The maximum atomic E-state index is 15.4. The van der Waals surface area contributed by atoms with Crippen LogP contribution in [0, 0.1) is 116 Å². The summed E-state index contributed by atoms with van der Waals surface area (Å²) in [6, 6.07) is 32.3. The van der Waals surface area contributed by atoms with Crippen LogP contribution in [0.1, 0.15) is 0 Å². The summed E-state index contributed by atoms with van der Waals surface area (Å²) in [5, 5.41) is 4.19. The third-order valence-corrected chi connectivity index (χ3v) is 12.2. The second-order valence-electron chi connectivity index (χ2n) is 13.1. The number of hydrogen-bond donors (Lipinski definition) is 0. The molecule has 332 valence electrons. The van der Waals surface area contributed by atoms with E-state index in [0.717, 1.165) is 0 Å². The fourth-order valence-electron chi connectivity index (χ4n) is 7.05. The summed E-state index contributed by atoms with van der Waals surface area (Å²) in [6.07, 6.45) is -7.22. The van der Waals surface area contributed by atoms with Crippen molar-refractivity contribution in [1.29, 1.82) is 0 Å². The first-order valence-corrected chi connectivity index (χ1v) is 18.7. The highest BCUT2D eigenvalue weighted by Crippen LogP contribution is 2.33.